The van der Waals surface area contributed by atoms with E-state index in [9.17, 15) is 0 Å². The quantitative estimate of drug-likeness (QED) is 0.233. The van der Waals surface area contributed by atoms with E-state index < -0.39 is 0 Å². The van der Waals surface area contributed by atoms with Crippen molar-refractivity contribution in [1.82, 2.24) is 20.4 Å². The van der Waals surface area contributed by atoms with Crippen LogP contribution in [0.3, 0.4) is 0 Å². The fourth-order valence-corrected chi connectivity index (χ4v) is 4.39. The summed E-state index contributed by atoms with van der Waals surface area (Å²) in [5, 5.41) is 6.97. The number of nitrogens with zero attached hydrogens (tertiary/aromatic N) is 3. The Bertz CT molecular complexity index is 540. The standard InChI is InChI=1S/C20H37N5S.HI/c1-5-24-12-14-25(15-13-24)11-7-6-10-22-20(21-4)23-17(2)16-19-9-8-18(3)26-19;/h8-9,17H,5-7,10-16H2,1-4H3,(H2,21,22,23);1H. The number of thiophene rings is 1. The predicted octanol–water partition coefficient (Wildman–Crippen LogP) is 3.19. The highest BCUT2D eigenvalue weighted by Crippen LogP contribution is 2.16. The zero-order valence-corrected chi connectivity index (χ0v) is 20.6. The van der Waals surface area contributed by atoms with Crippen LogP contribution in [0.15, 0.2) is 17.1 Å². The van der Waals surface area contributed by atoms with Gasteiger partial charge < -0.3 is 20.4 Å². The number of guanidine groups is 1. The minimum atomic E-state index is 0. The first-order valence-corrected chi connectivity index (χ1v) is 10.9. The van der Waals surface area contributed by atoms with Gasteiger partial charge in [0.25, 0.3) is 0 Å². The normalized spacial score (nSPS) is 17.4. The third-order valence-corrected chi connectivity index (χ3v) is 6.04. The maximum absolute atomic E-state index is 4.36. The van der Waals surface area contributed by atoms with Gasteiger partial charge in [0.2, 0.25) is 0 Å². The van der Waals surface area contributed by atoms with Crippen LogP contribution < -0.4 is 10.6 Å². The highest BCUT2D eigenvalue weighted by atomic mass is 127. The van der Waals surface area contributed by atoms with Gasteiger partial charge in [0.15, 0.2) is 5.96 Å². The van der Waals surface area contributed by atoms with E-state index in [4.69, 9.17) is 0 Å². The second-order valence-electron chi connectivity index (χ2n) is 7.24. The Kier molecular flexibility index (Phi) is 12.5. The summed E-state index contributed by atoms with van der Waals surface area (Å²) in [7, 11) is 1.85. The number of likely N-dealkylation sites (N-methyl/N-ethyl adjacent to an activating group) is 1. The molecule has 1 aromatic heterocycles. The first-order valence-electron chi connectivity index (χ1n) is 10.1. The van der Waals surface area contributed by atoms with Crippen molar-refractivity contribution in [2.24, 2.45) is 4.99 Å². The molecule has 5 nitrogen and oxygen atoms in total. The smallest absolute Gasteiger partial charge is 0.191 e. The number of hydrogen-bond donors (Lipinski definition) is 2. The van der Waals surface area contributed by atoms with Crippen LogP contribution in [0.1, 0.15) is 36.4 Å². The van der Waals surface area contributed by atoms with E-state index in [1.165, 1.54) is 61.9 Å². The largest absolute Gasteiger partial charge is 0.356 e. The number of aliphatic imine (C=N–C) groups is 1. The Morgan fingerprint density at radius 3 is 2.48 bits per heavy atom. The van der Waals surface area contributed by atoms with Crippen LogP contribution in [0.25, 0.3) is 0 Å². The molecule has 1 unspecified atom stereocenters. The first kappa shape index (κ1) is 24.7. The number of halogens is 1. The molecule has 0 aliphatic carbocycles. The van der Waals surface area contributed by atoms with Crippen molar-refractivity contribution in [2.75, 3.05) is 52.9 Å². The van der Waals surface area contributed by atoms with Crippen LogP contribution in [0.4, 0.5) is 0 Å². The van der Waals surface area contributed by atoms with E-state index in [2.05, 4.69) is 58.3 Å². The lowest BCUT2D eigenvalue weighted by Gasteiger charge is -2.34. The van der Waals surface area contributed by atoms with Gasteiger partial charge >= 0.3 is 0 Å². The molecule has 7 heteroatoms. The van der Waals surface area contributed by atoms with Gasteiger partial charge in [-0.25, -0.2) is 0 Å². The van der Waals surface area contributed by atoms with E-state index in [0.717, 1.165) is 18.9 Å². The van der Waals surface area contributed by atoms with Gasteiger partial charge in [-0.3, -0.25) is 4.99 Å². The Hall–Kier alpha value is -0.380. The Labute approximate surface area is 187 Å². The summed E-state index contributed by atoms with van der Waals surface area (Å²) in [5.74, 6) is 0.919. The van der Waals surface area contributed by atoms with Crippen molar-refractivity contribution in [3.05, 3.63) is 21.9 Å². The summed E-state index contributed by atoms with van der Waals surface area (Å²) in [4.78, 5) is 12.3. The number of hydrogen-bond acceptors (Lipinski definition) is 4. The van der Waals surface area contributed by atoms with E-state index >= 15 is 0 Å². The second-order valence-corrected chi connectivity index (χ2v) is 8.62. The van der Waals surface area contributed by atoms with Crippen molar-refractivity contribution in [1.29, 1.82) is 0 Å². The molecule has 0 spiro atoms. The third-order valence-electron chi connectivity index (χ3n) is 5.02. The lowest BCUT2D eigenvalue weighted by Crippen LogP contribution is -2.46. The van der Waals surface area contributed by atoms with Gasteiger partial charge in [-0.05, 0) is 51.9 Å². The summed E-state index contributed by atoms with van der Waals surface area (Å²) in [6.45, 7) is 14.9. The summed E-state index contributed by atoms with van der Waals surface area (Å²) in [6.07, 6.45) is 3.48. The van der Waals surface area contributed by atoms with Gasteiger partial charge in [0, 0.05) is 62.0 Å². The van der Waals surface area contributed by atoms with Crippen LogP contribution >= 0.6 is 35.3 Å². The molecule has 1 fully saturated rings. The minimum Gasteiger partial charge on any atom is -0.356 e. The predicted molar refractivity (Wildman–Crippen MR) is 130 cm³/mol. The maximum Gasteiger partial charge on any atom is 0.191 e. The fraction of sp³-hybridized carbons (Fsp3) is 0.750. The molecule has 2 heterocycles. The molecule has 1 aliphatic rings. The molecule has 0 amide bonds. The maximum atomic E-state index is 4.36. The number of nitrogens with one attached hydrogen (secondary N) is 2. The third kappa shape index (κ3) is 9.58. The fourth-order valence-electron chi connectivity index (χ4n) is 3.37. The van der Waals surface area contributed by atoms with Crippen LogP contribution in [-0.2, 0) is 6.42 Å². The van der Waals surface area contributed by atoms with E-state index in [1.807, 2.05) is 18.4 Å². The Morgan fingerprint density at radius 1 is 1.19 bits per heavy atom. The lowest BCUT2D eigenvalue weighted by molar-refractivity contribution is 0.136. The van der Waals surface area contributed by atoms with Crippen LogP contribution in [0.5, 0.6) is 0 Å². The average Bonchev–Trinajstić information content (AvgIpc) is 3.05. The molecular weight excluding hydrogens is 469 g/mol. The molecule has 1 aromatic rings. The van der Waals surface area contributed by atoms with Gasteiger partial charge in [0.1, 0.15) is 0 Å². The van der Waals surface area contributed by atoms with Crippen molar-refractivity contribution >= 4 is 41.3 Å². The summed E-state index contributed by atoms with van der Waals surface area (Å²) in [5.41, 5.74) is 0. The zero-order valence-electron chi connectivity index (χ0n) is 17.5. The molecule has 0 bridgehead atoms. The van der Waals surface area contributed by atoms with Crippen LogP contribution in [0, 0.1) is 6.92 Å². The highest BCUT2D eigenvalue weighted by molar-refractivity contribution is 14.0. The number of unbranched alkanes of at least 4 members (excludes halogenated alkanes) is 1. The SMILES string of the molecule is CCN1CCN(CCCCNC(=NC)NC(C)Cc2ccc(C)s2)CC1.I. The van der Waals surface area contributed by atoms with Crippen molar-refractivity contribution in [3.8, 4) is 0 Å². The van der Waals surface area contributed by atoms with Gasteiger partial charge in [0.05, 0.1) is 0 Å². The Morgan fingerprint density at radius 2 is 1.89 bits per heavy atom. The summed E-state index contributed by atoms with van der Waals surface area (Å²) < 4.78 is 0. The second kappa shape index (κ2) is 13.7. The molecule has 27 heavy (non-hydrogen) atoms. The molecule has 1 saturated heterocycles. The van der Waals surface area contributed by atoms with E-state index in [-0.39, 0.29) is 24.0 Å². The van der Waals surface area contributed by atoms with Crippen molar-refractivity contribution in [3.63, 3.8) is 0 Å². The number of piperazine rings is 1. The molecule has 2 N–H and O–H groups in total. The van der Waals surface area contributed by atoms with Gasteiger partial charge in [-0.1, -0.05) is 6.92 Å². The van der Waals surface area contributed by atoms with Gasteiger partial charge in [-0.15, -0.1) is 35.3 Å². The average molecular weight is 508 g/mol. The molecule has 1 atom stereocenters. The molecule has 156 valence electrons. The van der Waals surface area contributed by atoms with E-state index in [0.29, 0.717) is 6.04 Å². The molecule has 0 aromatic carbocycles. The topological polar surface area (TPSA) is 42.9 Å². The van der Waals surface area contributed by atoms with E-state index in [1.54, 1.807) is 0 Å². The summed E-state index contributed by atoms with van der Waals surface area (Å²) >= 11 is 1.88. The Balaban J connectivity index is 0.00000364. The van der Waals surface area contributed by atoms with Crippen molar-refractivity contribution in [2.45, 2.75) is 46.1 Å². The molecular formula is C20H38IN5S. The lowest BCUT2D eigenvalue weighted by atomic mass is 10.2. The van der Waals surface area contributed by atoms with Crippen LogP contribution in [0.2, 0.25) is 0 Å². The number of aryl methyl sites for hydroxylation is 1. The molecule has 1 aliphatic heterocycles. The monoisotopic (exact) mass is 507 g/mol. The zero-order chi connectivity index (χ0) is 18.8. The summed E-state index contributed by atoms with van der Waals surface area (Å²) in [6, 6.07) is 4.81. The first-order chi connectivity index (χ1) is 12.6. The van der Waals surface area contributed by atoms with Crippen LogP contribution in [-0.4, -0.2) is 74.7 Å². The van der Waals surface area contributed by atoms with Gasteiger partial charge in [-0.2, -0.15) is 0 Å². The van der Waals surface area contributed by atoms with Crippen molar-refractivity contribution < 1.29 is 0 Å². The number of rotatable bonds is 9. The molecule has 0 saturated carbocycles. The minimum absolute atomic E-state index is 0. The molecule has 0 radical (unpaired) electrons. The molecule has 2 rings (SSSR count). The highest BCUT2D eigenvalue weighted by Gasteiger charge is 2.14.